The van der Waals surface area contributed by atoms with Crippen molar-refractivity contribution in [3.63, 3.8) is 0 Å². The Hall–Kier alpha value is -2.82. The predicted molar refractivity (Wildman–Crippen MR) is 110 cm³/mol. The Labute approximate surface area is 166 Å². The fraction of sp³-hybridized carbons (Fsp3) is 0.391. The molecule has 0 radical (unpaired) electrons. The molecule has 2 aromatic rings. The number of carbonyl (C=O) groups is 2. The third-order valence-electron chi connectivity index (χ3n) is 5.39. The van der Waals surface area contributed by atoms with E-state index >= 15 is 0 Å². The number of piperidine rings is 1. The Morgan fingerprint density at radius 2 is 1.68 bits per heavy atom. The highest BCUT2D eigenvalue weighted by Gasteiger charge is 2.25. The second-order valence-electron chi connectivity index (χ2n) is 7.32. The van der Waals surface area contributed by atoms with Crippen LogP contribution in [0, 0.1) is 5.92 Å². The highest BCUT2D eigenvalue weighted by Crippen LogP contribution is 2.23. The van der Waals surface area contributed by atoms with Crippen LogP contribution in [0.2, 0.25) is 0 Å². The molecule has 2 aromatic carbocycles. The number of likely N-dealkylation sites (tertiary alicyclic amines) is 1. The SMILES string of the molecule is COc1ccc(N(CC(=O)N2CCC(Cc3ccccc3)CC2)C(C)=O)cc1. The zero-order valence-corrected chi connectivity index (χ0v) is 16.6. The van der Waals surface area contributed by atoms with Crippen molar-refractivity contribution < 1.29 is 14.3 Å². The van der Waals surface area contributed by atoms with Gasteiger partial charge >= 0.3 is 0 Å². The van der Waals surface area contributed by atoms with Gasteiger partial charge in [-0.1, -0.05) is 30.3 Å². The second kappa shape index (κ2) is 9.40. The van der Waals surface area contributed by atoms with Gasteiger partial charge < -0.3 is 14.5 Å². The van der Waals surface area contributed by atoms with Crippen LogP contribution < -0.4 is 9.64 Å². The topological polar surface area (TPSA) is 49.9 Å². The number of nitrogens with zero attached hydrogens (tertiary/aromatic N) is 2. The van der Waals surface area contributed by atoms with Crippen molar-refractivity contribution in [3.05, 3.63) is 60.2 Å². The summed E-state index contributed by atoms with van der Waals surface area (Å²) in [4.78, 5) is 28.3. The number of ether oxygens (including phenoxy) is 1. The van der Waals surface area contributed by atoms with E-state index in [-0.39, 0.29) is 18.4 Å². The van der Waals surface area contributed by atoms with Gasteiger partial charge in [0.1, 0.15) is 12.3 Å². The number of carbonyl (C=O) groups excluding carboxylic acids is 2. The van der Waals surface area contributed by atoms with E-state index in [1.807, 2.05) is 11.0 Å². The van der Waals surface area contributed by atoms with E-state index in [0.29, 0.717) is 11.6 Å². The summed E-state index contributed by atoms with van der Waals surface area (Å²) in [5.74, 6) is 1.19. The number of hydrogen-bond donors (Lipinski definition) is 0. The molecule has 3 rings (SSSR count). The van der Waals surface area contributed by atoms with Crippen LogP contribution in [-0.2, 0) is 16.0 Å². The van der Waals surface area contributed by atoms with E-state index in [4.69, 9.17) is 4.74 Å². The van der Waals surface area contributed by atoms with Crippen LogP contribution in [0.4, 0.5) is 5.69 Å². The lowest BCUT2D eigenvalue weighted by Crippen LogP contribution is -2.45. The van der Waals surface area contributed by atoms with Crippen LogP contribution in [0.25, 0.3) is 0 Å². The third kappa shape index (κ3) is 5.12. The molecule has 1 heterocycles. The molecular formula is C23H28N2O3. The maximum Gasteiger partial charge on any atom is 0.242 e. The van der Waals surface area contributed by atoms with E-state index in [0.717, 1.165) is 38.1 Å². The minimum absolute atomic E-state index is 0.00387. The highest BCUT2D eigenvalue weighted by molar-refractivity contribution is 5.97. The Morgan fingerprint density at radius 3 is 2.25 bits per heavy atom. The van der Waals surface area contributed by atoms with Gasteiger partial charge in [0.15, 0.2) is 0 Å². The van der Waals surface area contributed by atoms with Crippen LogP contribution in [-0.4, -0.2) is 43.5 Å². The first-order chi connectivity index (χ1) is 13.6. The van der Waals surface area contributed by atoms with Gasteiger partial charge in [-0.05, 0) is 55.0 Å². The van der Waals surface area contributed by atoms with Gasteiger partial charge in [-0.25, -0.2) is 0 Å². The lowest BCUT2D eigenvalue weighted by molar-refractivity contribution is -0.132. The summed E-state index contributed by atoms with van der Waals surface area (Å²) in [5, 5.41) is 0. The molecule has 28 heavy (non-hydrogen) atoms. The standard InChI is InChI=1S/C23H28N2O3/c1-18(26)25(21-8-10-22(28-2)11-9-21)17-23(27)24-14-12-20(13-15-24)16-19-6-4-3-5-7-19/h3-11,20H,12-17H2,1-2H3. The van der Waals surface area contributed by atoms with Crippen molar-refractivity contribution in [1.82, 2.24) is 4.90 Å². The number of methoxy groups -OCH3 is 1. The monoisotopic (exact) mass is 380 g/mol. The first-order valence-electron chi connectivity index (χ1n) is 9.80. The van der Waals surface area contributed by atoms with Gasteiger partial charge in [0.05, 0.1) is 7.11 Å². The zero-order chi connectivity index (χ0) is 19.9. The minimum Gasteiger partial charge on any atom is -0.497 e. The Balaban J connectivity index is 1.55. The van der Waals surface area contributed by atoms with Crippen LogP contribution in [0.1, 0.15) is 25.3 Å². The van der Waals surface area contributed by atoms with Crippen LogP contribution in [0.5, 0.6) is 5.75 Å². The first-order valence-corrected chi connectivity index (χ1v) is 9.80. The fourth-order valence-electron chi connectivity index (χ4n) is 3.72. The van der Waals surface area contributed by atoms with E-state index in [9.17, 15) is 9.59 Å². The molecule has 0 spiro atoms. The summed E-state index contributed by atoms with van der Waals surface area (Å²) in [6.45, 7) is 3.07. The summed E-state index contributed by atoms with van der Waals surface area (Å²) in [6.07, 6.45) is 3.07. The molecule has 5 nitrogen and oxygen atoms in total. The normalized spacial score (nSPS) is 14.6. The van der Waals surface area contributed by atoms with Gasteiger partial charge in [0, 0.05) is 25.7 Å². The number of rotatable bonds is 6. The van der Waals surface area contributed by atoms with E-state index in [1.54, 1.807) is 31.4 Å². The molecule has 0 atom stereocenters. The van der Waals surface area contributed by atoms with Crippen molar-refractivity contribution in [3.8, 4) is 5.75 Å². The minimum atomic E-state index is -0.141. The number of anilines is 1. The fourth-order valence-corrected chi connectivity index (χ4v) is 3.72. The average Bonchev–Trinajstić information content (AvgIpc) is 2.73. The summed E-state index contributed by atoms with van der Waals surface area (Å²) < 4.78 is 5.16. The average molecular weight is 380 g/mol. The van der Waals surface area contributed by atoms with Crippen LogP contribution >= 0.6 is 0 Å². The molecule has 0 unspecified atom stereocenters. The van der Waals surface area contributed by atoms with E-state index in [2.05, 4.69) is 24.3 Å². The molecule has 1 saturated heterocycles. The van der Waals surface area contributed by atoms with Crippen molar-refractivity contribution in [2.75, 3.05) is 31.6 Å². The molecule has 0 bridgehead atoms. The number of amides is 2. The van der Waals surface area contributed by atoms with Gasteiger partial charge in [0.25, 0.3) is 0 Å². The summed E-state index contributed by atoms with van der Waals surface area (Å²) in [5.41, 5.74) is 2.06. The predicted octanol–water partition coefficient (Wildman–Crippen LogP) is 3.53. The van der Waals surface area contributed by atoms with E-state index in [1.165, 1.54) is 17.4 Å². The third-order valence-corrected chi connectivity index (χ3v) is 5.39. The van der Waals surface area contributed by atoms with Gasteiger partial charge in [-0.2, -0.15) is 0 Å². The zero-order valence-electron chi connectivity index (χ0n) is 16.6. The number of benzene rings is 2. The summed E-state index contributed by atoms with van der Waals surface area (Å²) >= 11 is 0. The van der Waals surface area contributed by atoms with Crippen molar-refractivity contribution in [1.29, 1.82) is 0 Å². The van der Waals surface area contributed by atoms with Gasteiger partial charge in [-0.15, -0.1) is 0 Å². The smallest absolute Gasteiger partial charge is 0.242 e. The summed E-state index contributed by atoms with van der Waals surface area (Å²) in [6, 6.07) is 17.7. The van der Waals surface area contributed by atoms with Crippen molar-refractivity contribution in [2.45, 2.75) is 26.2 Å². The molecule has 0 N–H and O–H groups in total. The first kappa shape index (κ1) is 19.9. The maximum atomic E-state index is 12.8. The number of hydrogen-bond acceptors (Lipinski definition) is 3. The quantitative estimate of drug-likeness (QED) is 0.770. The molecule has 0 saturated carbocycles. The highest BCUT2D eigenvalue weighted by atomic mass is 16.5. The molecule has 1 fully saturated rings. The van der Waals surface area contributed by atoms with Crippen LogP contribution in [0.3, 0.4) is 0 Å². The largest absolute Gasteiger partial charge is 0.497 e. The van der Waals surface area contributed by atoms with Gasteiger partial charge in [-0.3, -0.25) is 9.59 Å². The molecule has 0 aromatic heterocycles. The Morgan fingerprint density at radius 1 is 1.04 bits per heavy atom. The van der Waals surface area contributed by atoms with Crippen molar-refractivity contribution >= 4 is 17.5 Å². The molecule has 1 aliphatic rings. The maximum absolute atomic E-state index is 12.8. The molecular weight excluding hydrogens is 352 g/mol. The molecule has 2 amide bonds. The molecule has 0 aliphatic carbocycles. The Kier molecular flexibility index (Phi) is 6.69. The van der Waals surface area contributed by atoms with E-state index < -0.39 is 0 Å². The van der Waals surface area contributed by atoms with Crippen LogP contribution in [0.15, 0.2) is 54.6 Å². The molecule has 5 heteroatoms. The van der Waals surface area contributed by atoms with Gasteiger partial charge in [0.2, 0.25) is 11.8 Å². The van der Waals surface area contributed by atoms with Crippen molar-refractivity contribution in [2.24, 2.45) is 5.92 Å². The summed E-state index contributed by atoms with van der Waals surface area (Å²) in [7, 11) is 1.60. The lowest BCUT2D eigenvalue weighted by Gasteiger charge is -2.33. The molecule has 148 valence electrons. The lowest BCUT2D eigenvalue weighted by atomic mass is 9.90. The molecule has 1 aliphatic heterocycles. The second-order valence-corrected chi connectivity index (χ2v) is 7.32. The Bertz CT molecular complexity index is 781.